The van der Waals surface area contributed by atoms with Crippen molar-refractivity contribution in [2.75, 3.05) is 11.0 Å². The predicted molar refractivity (Wildman–Crippen MR) is 44.9 cm³/mol. The van der Waals surface area contributed by atoms with E-state index in [9.17, 15) is 12.8 Å². The molecule has 66 valence electrons. The highest BCUT2D eigenvalue weighted by Gasteiger charge is 2.01. The van der Waals surface area contributed by atoms with Gasteiger partial charge in [-0.2, -0.15) is 0 Å². The van der Waals surface area contributed by atoms with Crippen LogP contribution in [0.25, 0.3) is 0 Å². The van der Waals surface area contributed by atoms with Gasteiger partial charge < -0.3 is 0 Å². The summed E-state index contributed by atoms with van der Waals surface area (Å²) in [7, 11) is -3.31. The Morgan fingerprint density at radius 3 is 2.58 bits per heavy atom. The topological polar surface area (TPSA) is 46.2 Å². The molecule has 12 heavy (non-hydrogen) atoms. The molecule has 0 unspecified atom stereocenters. The highest BCUT2D eigenvalue weighted by molar-refractivity contribution is 7.92. The lowest BCUT2D eigenvalue weighted by Gasteiger charge is -2.01. The van der Waals surface area contributed by atoms with Crippen LogP contribution >= 0.6 is 0 Å². The molecule has 0 saturated heterocycles. The molecule has 0 radical (unpaired) electrons. The van der Waals surface area contributed by atoms with Crippen molar-refractivity contribution >= 4 is 15.7 Å². The van der Waals surface area contributed by atoms with Crippen molar-refractivity contribution in [1.82, 2.24) is 0 Å². The van der Waals surface area contributed by atoms with E-state index < -0.39 is 15.8 Å². The van der Waals surface area contributed by atoms with Crippen LogP contribution in [0.4, 0.5) is 10.1 Å². The van der Waals surface area contributed by atoms with Crippen LogP contribution in [0.15, 0.2) is 24.3 Å². The van der Waals surface area contributed by atoms with E-state index in [0.29, 0.717) is 0 Å². The third kappa shape index (κ3) is 2.87. The maximum Gasteiger partial charge on any atom is 0.229 e. The minimum atomic E-state index is -3.31. The normalized spacial score (nSPS) is 11.2. The Bertz CT molecular complexity index is 375. The van der Waals surface area contributed by atoms with E-state index in [4.69, 9.17) is 0 Å². The Balaban J connectivity index is 2.91. The van der Waals surface area contributed by atoms with Gasteiger partial charge in [0.15, 0.2) is 0 Å². The van der Waals surface area contributed by atoms with E-state index in [1.165, 1.54) is 18.2 Å². The number of rotatable bonds is 2. The zero-order valence-corrected chi connectivity index (χ0v) is 7.23. The van der Waals surface area contributed by atoms with Crippen LogP contribution in [0.1, 0.15) is 0 Å². The Hall–Kier alpha value is -1.10. The van der Waals surface area contributed by atoms with Crippen LogP contribution in [0, 0.1) is 5.82 Å². The molecule has 0 bridgehead atoms. The smallest absolute Gasteiger partial charge is 0.229 e. The first kappa shape index (κ1) is 8.99. The lowest BCUT2D eigenvalue weighted by atomic mass is 10.3. The van der Waals surface area contributed by atoms with Gasteiger partial charge >= 0.3 is 0 Å². The average Bonchev–Trinajstić information content (AvgIpc) is 1.82. The first-order chi connectivity index (χ1) is 5.47. The minimum absolute atomic E-state index is 0.234. The Labute approximate surface area is 70.3 Å². The number of nitrogens with one attached hydrogen (secondary N) is 1. The van der Waals surface area contributed by atoms with Gasteiger partial charge in [-0.1, -0.05) is 6.07 Å². The van der Waals surface area contributed by atoms with Crippen molar-refractivity contribution in [3.05, 3.63) is 30.1 Å². The third-order valence-electron chi connectivity index (χ3n) is 1.13. The summed E-state index contributed by atoms with van der Waals surface area (Å²) < 4.78 is 36.0. The van der Waals surface area contributed by atoms with Gasteiger partial charge in [0, 0.05) is 0 Å². The molecule has 1 aromatic carbocycles. The van der Waals surface area contributed by atoms with Crippen LogP contribution in [0.5, 0.6) is 0 Å². The van der Waals surface area contributed by atoms with Gasteiger partial charge in [-0.3, -0.25) is 4.72 Å². The average molecular weight is 189 g/mol. The molecule has 5 heteroatoms. The summed E-state index contributed by atoms with van der Waals surface area (Å²) in [5, 5.41) is 0. The van der Waals surface area contributed by atoms with Crippen molar-refractivity contribution in [3.8, 4) is 0 Å². The van der Waals surface area contributed by atoms with Crippen LogP contribution < -0.4 is 4.72 Å². The van der Waals surface area contributed by atoms with Crippen molar-refractivity contribution in [3.63, 3.8) is 0 Å². The zero-order chi connectivity index (χ0) is 9.19. The lowest BCUT2D eigenvalue weighted by molar-refractivity contribution is 0.606. The molecular weight excluding hydrogens is 181 g/mol. The largest absolute Gasteiger partial charge is 0.284 e. The second-order valence-corrected chi connectivity index (χ2v) is 4.13. The van der Waals surface area contributed by atoms with Gasteiger partial charge in [-0.15, -0.1) is 0 Å². The van der Waals surface area contributed by atoms with Gasteiger partial charge in [0.2, 0.25) is 10.0 Å². The molecule has 0 aromatic heterocycles. The van der Waals surface area contributed by atoms with Crippen LogP contribution in [-0.2, 0) is 10.0 Å². The molecule has 0 atom stereocenters. The van der Waals surface area contributed by atoms with E-state index in [0.717, 1.165) is 12.3 Å². The van der Waals surface area contributed by atoms with Gasteiger partial charge in [-0.25, -0.2) is 12.8 Å². The maximum absolute atomic E-state index is 12.5. The number of halogens is 1. The molecule has 1 aromatic rings. The van der Waals surface area contributed by atoms with Gasteiger partial charge in [0.25, 0.3) is 0 Å². The molecule has 0 fully saturated rings. The Morgan fingerprint density at radius 2 is 2.08 bits per heavy atom. The number of hydrogen-bond acceptors (Lipinski definition) is 2. The molecular formula is C7H8FNO2S. The van der Waals surface area contributed by atoms with E-state index >= 15 is 0 Å². The Kier molecular flexibility index (Phi) is 2.32. The quantitative estimate of drug-likeness (QED) is 0.759. The van der Waals surface area contributed by atoms with Crippen LogP contribution in [0.3, 0.4) is 0 Å². The van der Waals surface area contributed by atoms with Crippen LogP contribution in [0.2, 0.25) is 0 Å². The van der Waals surface area contributed by atoms with E-state index in [-0.39, 0.29) is 5.69 Å². The molecule has 0 aliphatic heterocycles. The van der Waals surface area contributed by atoms with Gasteiger partial charge in [0.1, 0.15) is 5.82 Å². The Morgan fingerprint density at radius 1 is 1.42 bits per heavy atom. The molecule has 1 rings (SSSR count). The molecule has 1 N–H and O–H groups in total. The van der Waals surface area contributed by atoms with Gasteiger partial charge in [-0.05, 0) is 18.2 Å². The molecule has 3 nitrogen and oxygen atoms in total. The van der Waals surface area contributed by atoms with E-state index in [1.807, 2.05) is 0 Å². The summed E-state index contributed by atoms with van der Waals surface area (Å²) in [6, 6.07) is 5.27. The first-order valence-corrected chi connectivity index (χ1v) is 5.10. The van der Waals surface area contributed by atoms with Gasteiger partial charge in [0.05, 0.1) is 11.9 Å². The molecule has 0 spiro atoms. The van der Waals surface area contributed by atoms with Crippen molar-refractivity contribution < 1.29 is 12.8 Å². The predicted octanol–water partition coefficient (Wildman–Crippen LogP) is 1.20. The first-order valence-electron chi connectivity index (χ1n) is 3.21. The van der Waals surface area contributed by atoms with E-state index in [2.05, 4.69) is 4.72 Å². The highest BCUT2D eigenvalue weighted by atomic mass is 32.2. The fourth-order valence-electron chi connectivity index (χ4n) is 0.766. The second kappa shape index (κ2) is 3.10. The van der Waals surface area contributed by atoms with Crippen LogP contribution in [-0.4, -0.2) is 14.7 Å². The monoisotopic (exact) mass is 189 g/mol. The molecule has 0 aliphatic carbocycles. The number of hydrogen-bond donors (Lipinski definition) is 1. The number of anilines is 1. The highest BCUT2D eigenvalue weighted by Crippen LogP contribution is 2.09. The lowest BCUT2D eigenvalue weighted by Crippen LogP contribution is -2.09. The molecule has 0 amide bonds. The van der Waals surface area contributed by atoms with Crippen molar-refractivity contribution in [1.29, 1.82) is 0 Å². The minimum Gasteiger partial charge on any atom is -0.284 e. The zero-order valence-electron chi connectivity index (χ0n) is 6.41. The summed E-state index contributed by atoms with van der Waals surface area (Å²) >= 11 is 0. The fraction of sp³-hybridized carbons (Fsp3) is 0.143. The third-order valence-corrected chi connectivity index (χ3v) is 1.73. The summed E-state index contributed by atoms with van der Waals surface area (Å²) in [4.78, 5) is 0. The number of sulfonamides is 1. The van der Waals surface area contributed by atoms with Crippen molar-refractivity contribution in [2.45, 2.75) is 0 Å². The summed E-state index contributed by atoms with van der Waals surface area (Å²) in [5.41, 5.74) is 0.234. The molecule has 0 heterocycles. The van der Waals surface area contributed by atoms with Crippen molar-refractivity contribution in [2.24, 2.45) is 0 Å². The summed E-state index contributed by atoms with van der Waals surface area (Å²) in [6.07, 6.45) is 1.01. The maximum atomic E-state index is 12.5. The number of benzene rings is 1. The molecule has 0 aliphatic rings. The SMILES string of the molecule is CS(=O)(=O)Nc1cccc(F)c1. The standard InChI is InChI=1S/C7H8FNO2S/c1-12(10,11)9-7-4-2-3-6(8)5-7/h2-5,9H,1H3. The summed E-state index contributed by atoms with van der Waals surface area (Å²) in [5.74, 6) is -0.469. The molecule has 0 saturated carbocycles. The second-order valence-electron chi connectivity index (χ2n) is 2.38. The summed E-state index contributed by atoms with van der Waals surface area (Å²) in [6.45, 7) is 0. The fourth-order valence-corrected chi connectivity index (χ4v) is 1.32. The van der Waals surface area contributed by atoms with E-state index in [1.54, 1.807) is 0 Å².